The molecule has 1 aliphatic rings. The fourth-order valence-corrected chi connectivity index (χ4v) is 15.5. The summed E-state index contributed by atoms with van der Waals surface area (Å²) in [6.07, 6.45) is 7.35. The fraction of sp³-hybridized carbons (Fsp3) is 0.846. The zero-order valence-corrected chi connectivity index (χ0v) is 13.8. The van der Waals surface area contributed by atoms with Crippen molar-refractivity contribution in [2.75, 3.05) is 11.5 Å². The number of rotatable bonds is 3. The van der Waals surface area contributed by atoms with E-state index >= 15 is 0 Å². The highest BCUT2D eigenvalue weighted by Crippen LogP contribution is 2.55. The Morgan fingerprint density at radius 3 is 1.88 bits per heavy atom. The Kier molecular flexibility index (Phi) is 4.92. The van der Waals surface area contributed by atoms with Crippen LogP contribution in [-0.4, -0.2) is 23.3 Å². The number of thioether (sulfide) groups is 2. The first-order chi connectivity index (χ1) is 7.40. The molecule has 0 atom stereocenters. The molecule has 1 heterocycles. The Labute approximate surface area is 111 Å². The minimum atomic E-state index is -1.69. The highest BCUT2D eigenvalue weighted by atomic mass is 32.2. The van der Waals surface area contributed by atoms with Crippen molar-refractivity contribution in [3.05, 3.63) is 0 Å². The second-order valence-electron chi connectivity index (χ2n) is 5.32. The first kappa shape index (κ1) is 14.5. The molecule has 0 amide bonds. The number of hydrogen-bond donors (Lipinski definition) is 0. The summed E-state index contributed by atoms with van der Waals surface area (Å²) in [5.74, 6) is 2.58. The molecule has 0 aromatic carbocycles. The van der Waals surface area contributed by atoms with Gasteiger partial charge >= 0.3 is 0 Å². The first-order valence-corrected chi connectivity index (χ1v) is 10.3. The SMILES string of the molecule is C#C[Si](C(C)C)(C(C)C)C1(C)SCCCS1. The topological polar surface area (TPSA) is 0 Å². The Morgan fingerprint density at radius 2 is 1.56 bits per heavy atom. The van der Waals surface area contributed by atoms with Crippen molar-refractivity contribution in [1.82, 2.24) is 0 Å². The summed E-state index contributed by atoms with van der Waals surface area (Å²) in [5.41, 5.74) is 4.66. The largest absolute Gasteiger partial charge is 0.169 e. The van der Waals surface area contributed by atoms with Gasteiger partial charge in [-0.2, -0.15) is 0 Å². The smallest absolute Gasteiger partial charge is 0.147 e. The van der Waals surface area contributed by atoms with E-state index in [4.69, 9.17) is 6.42 Å². The van der Waals surface area contributed by atoms with Gasteiger partial charge in [-0.1, -0.05) is 27.7 Å². The van der Waals surface area contributed by atoms with Crippen LogP contribution in [0.3, 0.4) is 0 Å². The molecule has 1 saturated heterocycles. The van der Waals surface area contributed by atoms with Crippen molar-refractivity contribution in [3.8, 4) is 12.0 Å². The van der Waals surface area contributed by atoms with Crippen LogP contribution in [0.4, 0.5) is 0 Å². The lowest BCUT2D eigenvalue weighted by atomic mass is 10.5. The second kappa shape index (κ2) is 5.41. The second-order valence-corrected chi connectivity index (χ2v) is 14.7. The predicted molar refractivity (Wildman–Crippen MR) is 82.7 cm³/mol. The third-order valence-corrected chi connectivity index (χ3v) is 15.2. The summed E-state index contributed by atoms with van der Waals surface area (Å²) in [5, 5.41) is 0. The molecule has 0 saturated carbocycles. The van der Waals surface area contributed by atoms with Crippen LogP contribution in [0, 0.1) is 12.0 Å². The molecule has 1 fully saturated rings. The summed E-state index contributed by atoms with van der Waals surface area (Å²) in [4.78, 5) is 0. The van der Waals surface area contributed by atoms with Crippen molar-refractivity contribution in [3.63, 3.8) is 0 Å². The van der Waals surface area contributed by atoms with Crippen molar-refractivity contribution in [2.45, 2.75) is 55.8 Å². The van der Waals surface area contributed by atoms with Crippen molar-refractivity contribution < 1.29 is 0 Å². The van der Waals surface area contributed by atoms with Gasteiger partial charge in [-0.3, -0.25) is 0 Å². The van der Waals surface area contributed by atoms with Gasteiger partial charge in [0.2, 0.25) is 0 Å². The van der Waals surface area contributed by atoms with Crippen LogP contribution in [0.25, 0.3) is 0 Å². The maximum Gasteiger partial charge on any atom is 0.169 e. The predicted octanol–water partition coefficient (Wildman–Crippen LogP) is 4.55. The molecular weight excluding hydrogens is 248 g/mol. The van der Waals surface area contributed by atoms with E-state index in [9.17, 15) is 0 Å². The average Bonchev–Trinajstić information content (AvgIpc) is 2.18. The Balaban J connectivity index is 3.14. The maximum absolute atomic E-state index is 6.01. The standard InChI is InChI=1S/C13H24S2Si/c1-7-16(11(2)3,12(4)5)13(6)14-9-8-10-15-13/h1,11-12H,8-10H2,2-6H3. The van der Waals surface area contributed by atoms with Gasteiger partial charge in [0, 0.05) is 0 Å². The van der Waals surface area contributed by atoms with Crippen LogP contribution in [0.5, 0.6) is 0 Å². The highest BCUT2D eigenvalue weighted by Gasteiger charge is 2.55. The molecule has 1 rings (SSSR count). The summed E-state index contributed by atoms with van der Waals surface area (Å²) in [6, 6.07) is 0. The van der Waals surface area contributed by atoms with Gasteiger partial charge in [0.25, 0.3) is 0 Å². The summed E-state index contributed by atoms with van der Waals surface area (Å²) in [7, 11) is -1.69. The Morgan fingerprint density at radius 1 is 1.12 bits per heavy atom. The summed E-state index contributed by atoms with van der Waals surface area (Å²) >= 11 is 4.27. The fourth-order valence-electron chi connectivity index (χ4n) is 3.05. The zero-order valence-electron chi connectivity index (χ0n) is 11.2. The van der Waals surface area contributed by atoms with Crippen molar-refractivity contribution in [2.24, 2.45) is 0 Å². The van der Waals surface area contributed by atoms with E-state index in [1.165, 1.54) is 17.9 Å². The molecular formula is C13H24S2Si. The minimum Gasteiger partial charge on any atom is -0.147 e. The molecule has 0 spiro atoms. The molecule has 1 aliphatic heterocycles. The van der Waals surface area contributed by atoms with Crippen LogP contribution < -0.4 is 0 Å². The highest BCUT2D eigenvalue weighted by molar-refractivity contribution is 8.21. The van der Waals surface area contributed by atoms with Gasteiger partial charge < -0.3 is 0 Å². The molecule has 0 aliphatic carbocycles. The quantitative estimate of drug-likeness (QED) is 0.546. The van der Waals surface area contributed by atoms with E-state index in [1.807, 2.05) is 0 Å². The van der Waals surface area contributed by atoms with E-state index in [2.05, 4.69) is 63.7 Å². The van der Waals surface area contributed by atoms with Gasteiger partial charge in [-0.15, -0.1) is 35.5 Å². The first-order valence-electron chi connectivity index (χ1n) is 6.16. The molecule has 0 aromatic rings. The summed E-state index contributed by atoms with van der Waals surface area (Å²) in [6.45, 7) is 11.8. The number of terminal acetylenes is 1. The van der Waals surface area contributed by atoms with Gasteiger partial charge in [0.05, 0.1) is 3.70 Å². The monoisotopic (exact) mass is 272 g/mol. The average molecular weight is 273 g/mol. The molecule has 92 valence electrons. The van der Waals surface area contributed by atoms with Gasteiger partial charge in [-0.05, 0) is 35.9 Å². The van der Waals surface area contributed by atoms with Crippen molar-refractivity contribution in [1.29, 1.82) is 0 Å². The molecule has 0 unspecified atom stereocenters. The molecule has 16 heavy (non-hydrogen) atoms. The van der Waals surface area contributed by atoms with Crippen LogP contribution in [0.15, 0.2) is 0 Å². The normalized spacial score (nSPS) is 21.1. The number of hydrogen-bond acceptors (Lipinski definition) is 2. The summed E-state index contributed by atoms with van der Waals surface area (Å²) < 4.78 is 0.322. The van der Waals surface area contributed by atoms with Gasteiger partial charge in [0.15, 0.2) is 8.07 Å². The van der Waals surface area contributed by atoms with Crippen LogP contribution in [0.2, 0.25) is 11.1 Å². The molecule has 0 aromatic heterocycles. The third kappa shape index (κ3) is 2.21. The zero-order chi connectivity index (χ0) is 12.4. The van der Waals surface area contributed by atoms with E-state index in [-0.39, 0.29) is 0 Å². The molecule has 0 radical (unpaired) electrons. The van der Waals surface area contributed by atoms with Crippen LogP contribution in [-0.2, 0) is 0 Å². The van der Waals surface area contributed by atoms with E-state index in [0.29, 0.717) is 14.8 Å². The van der Waals surface area contributed by atoms with Gasteiger partial charge in [0.1, 0.15) is 0 Å². The van der Waals surface area contributed by atoms with E-state index in [1.54, 1.807) is 0 Å². The van der Waals surface area contributed by atoms with Crippen LogP contribution in [0.1, 0.15) is 41.0 Å². The lowest BCUT2D eigenvalue weighted by molar-refractivity contribution is 0.874. The van der Waals surface area contributed by atoms with E-state index in [0.717, 1.165) is 0 Å². The lowest BCUT2D eigenvalue weighted by Crippen LogP contribution is -2.57. The molecule has 3 heteroatoms. The van der Waals surface area contributed by atoms with E-state index < -0.39 is 8.07 Å². The molecule has 0 N–H and O–H groups in total. The third-order valence-electron chi connectivity index (χ3n) is 3.86. The Hall–Kier alpha value is 0.477. The minimum absolute atomic E-state index is 0.322. The van der Waals surface area contributed by atoms with Crippen molar-refractivity contribution >= 4 is 31.6 Å². The Bertz CT molecular complexity index is 264. The molecule has 0 bridgehead atoms. The lowest BCUT2D eigenvalue weighted by Gasteiger charge is -2.49. The van der Waals surface area contributed by atoms with Gasteiger partial charge in [-0.25, -0.2) is 0 Å². The maximum atomic E-state index is 6.01. The van der Waals surface area contributed by atoms with Crippen LogP contribution >= 0.6 is 23.5 Å². The molecule has 0 nitrogen and oxygen atoms in total.